The van der Waals surface area contributed by atoms with Gasteiger partial charge in [0.2, 0.25) is 0 Å². The van der Waals surface area contributed by atoms with Crippen LogP contribution < -0.4 is 9.47 Å². The zero-order valence-electron chi connectivity index (χ0n) is 9.74. The van der Waals surface area contributed by atoms with Crippen LogP contribution in [0.3, 0.4) is 0 Å². The summed E-state index contributed by atoms with van der Waals surface area (Å²) >= 11 is 0. The minimum Gasteiger partial charge on any atom is -0.486 e. The summed E-state index contributed by atoms with van der Waals surface area (Å²) in [6.07, 6.45) is 1.63. The number of carboxylic acids is 1. The number of halogens is 1. The Kier molecular flexibility index (Phi) is 2.43. The van der Waals surface area contributed by atoms with Crippen LogP contribution in [-0.4, -0.2) is 24.3 Å². The van der Waals surface area contributed by atoms with Gasteiger partial charge >= 0.3 is 5.97 Å². The lowest BCUT2D eigenvalue weighted by molar-refractivity contribution is -0.137. The van der Waals surface area contributed by atoms with Gasteiger partial charge < -0.3 is 14.6 Å². The standard InChI is InChI=1S/C13H13FO4/c14-9-2-1-8(11-12(9)18-6-5-17-11)13(3-4-13)7-10(15)16/h1-2H,3-7H2,(H,15,16). The number of benzene rings is 1. The van der Waals surface area contributed by atoms with E-state index in [1.807, 2.05) is 0 Å². The third-order valence-electron chi connectivity index (χ3n) is 3.55. The summed E-state index contributed by atoms with van der Waals surface area (Å²) in [5.74, 6) is -0.794. The largest absolute Gasteiger partial charge is 0.486 e. The first-order valence-corrected chi connectivity index (χ1v) is 5.93. The lowest BCUT2D eigenvalue weighted by Gasteiger charge is -2.24. The Morgan fingerprint density at radius 1 is 1.28 bits per heavy atom. The molecule has 1 aliphatic heterocycles. The van der Waals surface area contributed by atoms with Crippen molar-refractivity contribution in [3.8, 4) is 11.5 Å². The van der Waals surface area contributed by atoms with Crippen LogP contribution in [0.5, 0.6) is 11.5 Å². The molecule has 0 aromatic heterocycles. The number of fused-ring (bicyclic) bond motifs is 1. The first-order valence-electron chi connectivity index (χ1n) is 5.93. The molecule has 5 heteroatoms. The Morgan fingerprint density at radius 2 is 1.94 bits per heavy atom. The lowest BCUT2D eigenvalue weighted by Crippen LogP contribution is -2.21. The molecule has 4 nitrogen and oxygen atoms in total. The first-order chi connectivity index (χ1) is 8.62. The van der Waals surface area contributed by atoms with E-state index in [1.165, 1.54) is 6.07 Å². The number of aliphatic carboxylic acids is 1. The molecular weight excluding hydrogens is 239 g/mol. The highest BCUT2D eigenvalue weighted by atomic mass is 19.1. The zero-order chi connectivity index (χ0) is 12.8. The molecule has 1 heterocycles. The van der Waals surface area contributed by atoms with E-state index in [1.54, 1.807) is 6.07 Å². The Labute approximate surface area is 103 Å². The molecule has 0 amide bonds. The monoisotopic (exact) mass is 252 g/mol. The Balaban J connectivity index is 2.05. The average Bonchev–Trinajstić information content (AvgIpc) is 3.09. The number of hydrogen-bond donors (Lipinski definition) is 1. The van der Waals surface area contributed by atoms with Crippen LogP contribution in [0, 0.1) is 5.82 Å². The molecule has 1 fully saturated rings. The number of hydrogen-bond acceptors (Lipinski definition) is 3. The van der Waals surface area contributed by atoms with Gasteiger partial charge in [0.1, 0.15) is 13.2 Å². The molecule has 0 spiro atoms. The molecule has 0 unspecified atom stereocenters. The van der Waals surface area contributed by atoms with E-state index in [4.69, 9.17) is 14.6 Å². The Bertz CT molecular complexity index is 508. The summed E-state index contributed by atoms with van der Waals surface area (Å²) in [6, 6.07) is 2.95. The van der Waals surface area contributed by atoms with Crippen molar-refractivity contribution >= 4 is 5.97 Å². The van der Waals surface area contributed by atoms with Crippen molar-refractivity contribution in [2.45, 2.75) is 24.7 Å². The van der Waals surface area contributed by atoms with Crippen LogP contribution in [0.4, 0.5) is 4.39 Å². The second-order valence-corrected chi connectivity index (χ2v) is 4.80. The summed E-state index contributed by atoms with van der Waals surface area (Å²) in [7, 11) is 0. The van der Waals surface area contributed by atoms with Crippen LogP contribution in [0.2, 0.25) is 0 Å². The molecule has 1 N–H and O–H groups in total. The summed E-state index contributed by atoms with van der Waals surface area (Å²) < 4.78 is 24.4. The summed E-state index contributed by atoms with van der Waals surface area (Å²) in [5, 5.41) is 8.96. The molecule has 3 rings (SSSR count). The van der Waals surface area contributed by atoms with Gasteiger partial charge in [0.05, 0.1) is 6.42 Å². The van der Waals surface area contributed by atoms with Crippen molar-refractivity contribution in [1.82, 2.24) is 0 Å². The van der Waals surface area contributed by atoms with Crippen LogP contribution in [0.1, 0.15) is 24.8 Å². The maximum Gasteiger partial charge on any atom is 0.304 e. The maximum absolute atomic E-state index is 13.6. The van der Waals surface area contributed by atoms with Gasteiger partial charge in [0.25, 0.3) is 0 Å². The Hall–Kier alpha value is -1.78. The van der Waals surface area contributed by atoms with Gasteiger partial charge in [-0.2, -0.15) is 0 Å². The van der Waals surface area contributed by atoms with E-state index in [9.17, 15) is 9.18 Å². The third-order valence-corrected chi connectivity index (χ3v) is 3.55. The van der Waals surface area contributed by atoms with Crippen LogP contribution >= 0.6 is 0 Å². The quantitative estimate of drug-likeness (QED) is 0.895. The van der Waals surface area contributed by atoms with Gasteiger partial charge in [0, 0.05) is 11.0 Å². The van der Waals surface area contributed by atoms with Gasteiger partial charge in [-0.3, -0.25) is 4.79 Å². The third kappa shape index (κ3) is 1.70. The predicted octanol–water partition coefficient (Wildman–Crippen LogP) is 2.10. The van der Waals surface area contributed by atoms with E-state index in [0.29, 0.717) is 19.0 Å². The minimum atomic E-state index is -0.845. The fraction of sp³-hybridized carbons (Fsp3) is 0.462. The van der Waals surface area contributed by atoms with Crippen molar-refractivity contribution in [3.63, 3.8) is 0 Å². The van der Waals surface area contributed by atoms with E-state index < -0.39 is 17.2 Å². The van der Waals surface area contributed by atoms with E-state index >= 15 is 0 Å². The van der Waals surface area contributed by atoms with Crippen LogP contribution in [-0.2, 0) is 10.2 Å². The second kappa shape index (κ2) is 3.86. The summed E-state index contributed by atoms with van der Waals surface area (Å²) in [5.41, 5.74) is 0.366. The first kappa shape index (κ1) is 11.3. The number of rotatable bonds is 3. The molecule has 1 aliphatic carbocycles. The molecule has 1 aromatic carbocycles. The highest BCUT2D eigenvalue weighted by Gasteiger charge is 2.48. The van der Waals surface area contributed by atoms with Crippen molar-refractivity contribution in [2.24, 2.45) is 0 Å². The average molecular weight is 252 g/mol. The second-order valence-electron chi connectivity index (χ2n) is 4.80. The zero-order valence-corrected chi connectivity index (χ0v) is 9.74. The summed E-state index contributed by atoms with van der Waals surface area (Å²) in [4.78, 5) is 10.9. The van der Waals surface area contributed by atoms with E-state index in [2.05, 4.69) is 0 Å². The van der Waals surface area contributed by atoms with Crippen molar-refractivity contribution in [1.29, 1.82) is 0 Å². The number of ether oxygens (including phenoxy) is 2. The van der Waals surface area contributed by atoms with Crippen LogP contribution in [0.25, 0.3) is 0 Å². The lowest BCUT2D eigenvalue weighted by atomic mass is 9.91. The van der Waals surface area contributed by atoms with Crippen LogP contribution in [0.15, 0.2) is 12.1 Å². The summed E-state index contributed by atoms with van der Waals surface area (Å²) in [6.45, 7) is 0.686. The van der Waals surface area contributed by atoms with Gasteiger partial charge in [-0.25, -0.2) is 4.39 Å². The van der Waals surface area contributed by atoms with Gasteiger partial charge in [0.15, 0.2) is 17.3 Å². The van der Waals surface area contributed by atoms with Crippen molar-refractivity contribution in [2.75, 3.05) is 13.2 Å². The Morgan fingerprint density at radius 3 is 2.56 bits per heavy atom. The molecule has 18 heavy (non-hydrogen) atoms. The molecule has 1 aromatic rings. The number of carboxylic acid groups (broad SMARTS) is 1. The smallest absolute Gasteiger partial charge is 0.304 e. The molecule has 0 radical (unpaired) electrons. The van der Waals surface area contributed by atoms with Crippen molar-refractivity contribution in [3.05, 3.63) is 23.5 Å². The fourth-order valence-corrected chi connectivity index (χ4v) is 2.50. The topological polar surface area (TPSA) is 55.8 Å². The molecule has 1 saturated carbocycles. The minimum absolute atomic E-state index is 0.0500. The fourth-order valence-electron chi connectivity index (χ4n) is 2.50. The molecule has 2 aliphatic rings. The molecule has 0 bridgehead atoms. The van der Waals surface area contributed by atoms with E-state index in [-0.39, 0.29) is 12.2 Å². The maximum atomic E-state index is 13.6. The molecule has 0 saturated heterocycles. The van der Waals surface area contributed by atoms with Gasteiger partial charge in [-0.05, 0) is 18.9 Å². The number of carbonyl (C=O) groups is 1. The molecule has 96 valence electrons. The highest BCUT2D eigenvalue weighted by molar-refractivity contribution is 5.71. The SMILES string of the molecule is O=C(O)CC1(c2ccc(F)c3c2OCCO3)CC1. The predicted molar refractivity (Wildman–Crippen MR) is 60.6 cm³/mol. The van der Waals surface area contributed by atoms with Gasteiger partial charge in [-0.15, -0.1) is 0 Å². The highest BCUT2D eigenvalue weighted by Crippen LogP contribution is 2.56. The van der Waals surface area contributed by atoms with E-state index in [0.717, 1.165) is 18.4 Å². The van der Waals surface area contributed by atoms with Crippen molar-refractivity contribution < 1.29 is 23.8 Å². The normalized spacial score (nSPS) is 19.4. The molecule has 0 atom stereocenters. The van der Waals surface area contributed by atoms with Gasteiger partial charge in [-0.1, -0.05) is 6.07 Å². The molecular formula is C13H13FO4.